The van der Waals surface area contributed by atoms with Gasteiger partial charge in [0.15, 0.2) is 5.69 Å². The van der Waals surface area contributed by atoms with Gasteiger partial charge in [-0.1, -0.05) is 17.7 Å². The lowest BCUT2D eigenvalue weighted by Gasteiger charge is -2.05. The van der Waals surface area contributed by atoms with Crippen molar-refractivity contribution in [2.24, 2.45) is 0 Å². The van der Waals surface area contributed by atoms with Gasteiger partial charge in [-0.05, 0) is 30.7 Å². The maximum Gasteiger partial charge on any atom is 0.354 e. The second kappa shape index (κ2) is 5.39. The minimum absolute atomic E-state index is 0.0440. The SMILES string of the molecule is Cc1cc(S(=O)(=O)Nc2cccc(C(=O)O)n2)sc1Cl. The zero-order chi connectivity index (χ0) is 14.9. The Morgan fingerprint density at radius 1 is 1.45 bits per heavy atom. The fourth-order valence-electron chi connectivity index (χ4n) is 1.36. The third-order valence-electron chi connectivity index (χ3n) is 2.31. The molecule has 106 valence electrons. The molecule has 9 heteroatoms. The van der Waals surface area contributed by atoms with Crippen molar-refractivity contribution in [3.63, 3.8) is 0 Å². The van der Waals surface area contributed by atoms with Crippen molar-refractivity contribution in [1.82, 2.24) is 4.98 Å². The van der Waals surface area contributed by atoms with E-state index in [1.54, 1.807) is 6.92 Å². The van der Waals surface area contributed by atoms with Crippen LogP contribution in [0, 0.1) is 6.92 Å². The quantitative estimate of drug-likeness (QED) is 0.897. The van der Waals surface area contributed by atoms with Gasteiger partial charge in [0.1, 0.15) is 10.0 Å². The number of rotatable bonds is 4. The number of halogens is 1. The molecule has 0 unspecified atom stereocenters. The first-order chi connectivity index (χ1) is 9.29. The maximum atomic E-state index is 12.1. The number of sulfonamides is 1. The van der Waals surface area contributed by atoms with Gasteiger partial charge in [0.25, 0.3) is 10.0 Å². The molecule has 0 atom stereocenters. The Bertz CT molecular complexity index is 751. The largest absolute Gasteiger partial charge is 0.477 e. The van der Waals surface area contributed by atoms with E-state index in [0.29, 0.717) is 9.90 Å². The first kappa shape index (κ1) is 14.8. The van der Waals surface area contributed by atoms with Crippen molar-refractivity contribution < 1.29 is 18.3 Å². The highest BCUT2D eigenvalue weighted by atomic mass is 35.5. The van der Waals surface area contributed by atoms with Crippen LogP contribution in [0.3, 0.4) is 0 Å². The number of carboxylic acids is 1. The van der Waals surface area contributed by atoms with Crippen molar-refractivity contribution >= 4 is 44.7 Å². The van der Waals surface area contributed by atoms with Crippen LogP contribution < -0.4 is 4.72 Å². The standard InChI is InChI=1S/C11H9ClN2O4S2/c1-6-5-9(19-10(6)12)20(17,18)14-8-4-2-3-7(13-8)11(15)16/h2-5H,1H3,(H,13,14)(H,15,16). The molecule has 2 rings (SSSR count). The van der Waals surface area contributed by atoms with Gasteiger partial charge in [-0.2, -0.15) is 0 Å². The molecule has 0 spiro atoms. The van der Waals surface area contributed by atoms with Crippen molar-refractivity contribution in [2.75, 3.05) is 4.72 Å². The fraction of sp³-hybridized carbons (Fsp3) is 0.0909. The van der Waals surface area contributed by atoms with Gasteiger partial charge >= 0.3 is 5.97 Å². The summed E-state index contributed by atoms with van der Waals surface area (Å²) in [5, 5.41) is 8.81. The number of carbonyl (C=O) groups is 1. The van der Waals surface area contributed by atoms with E-state index >= 15 is 0 Å². The molecular formula is C11H9ClN2O4S2. The first-order valence-corrected chi connectivity index (χ1v) is 7.96. The van der Waals surface area contributed by atoms with Crippen molar-refractivity contribution in [1.29, 1.82) is 0 Å². The summed E-state index contributed by atoms with van der Waals surface area (Å²) in [5.41, 5.74) is 0.412. The van der Waals surface area contributed by atoms with Crippen molar-refractivity contribution in [3.8, 4) is 0 Å². The smallest absolute Gasteiger partial charge is 0.354 e. The van der Waals surface area contributed by atoms with Crippen molar-refractivity contribution in [3.05, 3.63) is 39.9 Å². The average Bonchev–Trinajstić information content (AvgIpc) is 2.70. The number of thiophene rings is 1. The van der Waals surface area contributed by atoms with E-state index in [4.69, 9.17) is 16.7 Å². The summed E-state index contributed by atoms with van der Waals surface area (Å²) in [4.78, 5) is 14.5. The highest BCUT2D eigenvalue weighted by Gasteiger charge is 2.19. The van der Waals surface area contributed by atoms with Gasteiger partial charge in [0.2, 0.25) is 0 Å². The number of aromatic nitrogens is 1. The molecular weight excluding hydrogens is 324 g/mol. The molecule has 0 fully saturated rings. The molecule has 0 aliphatic rings. The molecule has 0 aliphatic heterocycles. The molecule has 0 aromatic carbocycles. The second-order valence-electron chi connectivity index (χ2n) is 3.84. The highest BCUT2D eigenvalue weighted by molar-refractivity contribution is 7.94. The number of carboxylic acid groups (broad SMARTS) is 1. The summed E-state index contributed by atoms with van der Waals surface area (Å²) in [5.74, 6) is -1.30. The zero-order valence-electron chi connectivity index (χ0n) is 10.1. The van der Waals surface area contributed by atoms with Crippen LogP contribution in [0.25, 0.3) is 0 Å². The van der Waals surface area contributed by atoms with E-state index in [1.807, 2.05) is 0 Å². The number of nitrogens with one attached hydrogen (secondary N) is 1. The summed E-state index contributed by atoms with van der Waals surface area (Å²) in [6, 6.07) is 5.48. The molecule has 0 amide bonds. The summed E-state index contributed by atoms with van der Waals surface area (Å²) < 4.78 is 26.9. The van der Waals surface area contributed by atoms with E-state index in [9.17, 15) is 13.2 Å². The number of hydrogen-bond donors (Lipinski definition) is 2. The lowest BCUT2D eigenvalue weighted by Crippen LogP contribution is -2.13. The number of nitrogens with zero attached hydrogens (tertiary/aromatic N) is 1. The van der Waals surface area contributed by atoms with E-state index in [1.165, 1.54) is 24.3 Å². The summed E-state index contributed by atoms with van der Waals surface area (Å²) >= 11 is 6.76. The minimum atomic E-state index is -3.83. The Hall–Kier alpha value is -1.64. The first-order valence-electron chi connectivity index (χ1n) is 5.29. The van der Waals surface area contributed by atoms with Gasteiger partial charge in [-0.3, -0.25) is 4.72 Å². The molecule has 6 nitrogen and oxygen atoms in total. The van der Waals surface area contributed by atoms with E-state index in [-0.39, 0.29) is 15.7 Å². The normalized spacial score (nSPS) is 11.3. The van der Waals surface area contributed by atoms with Gasteiger partial charge in [-0.15, -0.1) is 11.3 Å². The van der Waals surface area contributed by atoms with Crippen LogP contribution >= 0.6 is 22.9 Å². The van der Waals surface area contributed by atoms with Crippen LogP contribution in [0.2, 0.25) is 4.34 Å². The lowest BCUT2D eigenvalue weighted by atomic mass is 10.3. The van der Waals surface area contributed by atoms with Crippen LogP contribution in [-0.2, 0) is 10.0 Å². The van der Waals surface area contributed by atoms with Crippen LogP contribution in [0.4, 0.5) is 5.82 Å². The monoisotopic (exact) mass is 332 g/mol. The Morgan fingerprint density at radius 3 is 2.70 bits per heavy atom. The number of anilines is 1. The van der Waals surface area contributed by atoms with Gasteiger partial charge in [0.05, 0.1) is 4.34 Å². The molecule has 0 aliphatic carbocycles. The minimum Gasteiger partial charge on any atom is -0.477 e. The predicted octanol–water partition coefficient (Wildman–Crippen LogP) is 2.60. The lowest BCUT2D eigenvalue weighted by molar-refractivity contribution is 0.0690. The van der Waals surface area contributed by atoms with Crippen LogP contribution in [0.15, 0.2) is 28.5 Å². The zero-order valence-corrected chi connectivity index (χ0v) is 12.5. The number of aromatic carboxylic acids is 1. The van der Waals surface area contributed by atoms with Crippen molar-refractivity contribution in [2.45, 2.75) is 11.1 Å². The highest BCUT2D eigenvalue weighted by Crippen LogP contribution is 2.30. The second-order valence-corrected chi connectivity index (χ2v) is 7.40. The Kier molecular flexibility index (Phi) is 3.98. The molecule has 2 aromatic heterocycles. The number of hydrogen-bond acceptors (Lipinski definition) is 5. The predicted molar refractivity (Wildman–Crippen MR) is 76.1 cm³/mol. The summed E-state index contributed by atoms with van der Waals surface area (Å²) in [7, 11) is -3.83. The Labute approximate surface area is 124 Å². The van der Waals surface area contributed by atoms with Gasteiger partial charge < -0.3 is 5.11 Å². The maximum absolute atomic E-state index is 12.1. The summed E-state index contributed by atoms with van der Waals surface area (Å²) in [6.07, 6.45) is 0. The van der Waals surface area contributed by atoms with E-state index < -0.39 is 16.0 Å². The average molecular weight is 333 g/mol. The molecule has 0 saturated heterocycles. The topological polar surface area (TPSA) is 96.4 Å². The van der Waals surface area contributed by atoms with Crippen LogP contribution in [0.1, 0.15) is 16.1 Å². The fourth-order valence-corrected chi connectivity index (χ4v) is 4.07. The van der Waals surface area contributed by atoms with Crippen LogP contribution in [0.5, 0.6) is 0 Å². The molecule has 0 radical (unpaired) electrons. The molecule has 0 saturated carbocycles. The number of aryl methyl sites for hydroxylation is 1. The van der Waals surface area contributed by atoms with Gasteiger partial charge in [0, 0.05) is 0 Å². The molecule has 2 aromatic rings. The third kappa shape index (κ3) is 3.09. The third-order valence-corrected chi connectivity index (χ3v) is 5.69. The Balaban J connectivity index is 2.33. The molecule has 0 bridgehead atoms. The molecule has 2 N–H and O–H groups in total. The van der Waals surface area contributed by atoms with E-state index in [2.05, 4.69) is 9.71 Å². The van der Waals surface area contributed by atoms with E-state index in [0.717, 1.165) is 11.3 Å². The summed E-state index contributed by atoms with van der Waals surface area (Å²) in [6.45, 7) is 1.70. The van der Waals surface area contributed by atoms with Crippen LogP contribution in [-0.4, -0.2) is 24.5 Å². The Morgan fingerprint density at radius 2 is 2.15 bits per heavy atom. The van der Waals surface area contributed by atoms with Gasteiger partial charge in [-0.25, -0.2) is 18.2 Å². The number of pyridine rings is 1. The molecule has 2 heterocycles. The molecule has 20 heavy (non-hydrogen) atoms.